The van der Waals surface area contributed by atoms with E-state index >= 15 is 0 Å². The highest BCUT2D eigenvalue weighted by molar-refractivity contribution is 5.52. The summed E-state index contributed by atoms with van der Waals surface area (Å²) in [6, 6.07) is 0.374. The molecule has 82 valence electrons. The number of likely N-dealkylation sites (tertiary alicyclic amines) is 1. The first-order valence-corrected chi connectivity index (χ1v) is 5.30. The summed E-state index contributed by atoms with van der Waals surface area (Å²) < 4.78 is 0. The zero-order valence-corrected chi connectivity index (χ0v) is 8.60. The number of rotatable bonds is 3. The Morgan fingerprint density at radius 3 is 3.00 bits per heavy atom. The molecule has 1 amide bonds. The predicted molar refractivity (Wildman–Crippen MR) is 57.0 cm³/mol. The van der Waals surface area contributed by atoms with E-state index in [2.05, 4.69) is 16.3 Å². The van der Waals surface area contributed by atoms with Crippen molar-refractivity contribution in [1.82, 2.24) is 10.2 Å². The number of carbonyl (C=O) groups excluding carboxylic acids is 1. The van der Waals surface area contributed by atoms with Crippen LogP contribution < -0.4 is 5.32 Å². The third-order valence-electron chi connectivity index (χ3n) is 2.97. The highest BCUT2D eigenvalue weighted by Crippen LogP contribution is 2.19. The van der Waals surface area contributed by atoms with Crippen molar-refractivity contribution < 1.29 is 9.90 Å². The maximum Gasteiger partial charge on any atom is 0.211 e. The summed E-state index contributed by atoms with van der Waals surface area (Å²) in [5, 5.41) is 12.1. The molecule has 2 atom stereocenters. The molecule has 1 fully saturated rings. The van der Waals surface area contributed by atoms with Crippen molar-refractivity contribution in [3.8, 4) is 0 Å². The fourth-order valence-electron chi connectivity index (χ4n) is 2.12. The van der Waals surface area contributed by atoms with Crippen LogP contribution in [0.2, 0.25) is 0 Å². The van der Waals surface area contributed by atoms with Gasteiger partial charge in [0.25, 0.3) is 0 Å². The average molecular weight is 208 g/mol. The molecule has 2 rings (SSSR count). The molecule has 1 heterocycles. The topological polar surface area (TPSA) is 52.6 Å². The number of β-amino-alcohol motifs (C(OH)–C–C–N with tert-alkyl or cyclic N) is 1. The summed E-state index contributed by atoms with van der Waals surface area (Å²) in [4.78, 5) is 12.5. The van der Waals surface area contributed by atoms with Crippen molar-refractivity contribution in [2.45, 2.75) is 25.0 Å². The Balaban J connectivity index is 1.89. The summed E-state index contributed by atoms with van der Waals surface area (Å²) in [6.45, 7) is 1.72. The van der Waals surface area contributed by atoms with Crippen molar-refractivity contribution in [2.75, 3.05) is 13.1 Å². The van der Waals surface area contributed by atoms with E-state index in [1.165, 1.54) is 0 Å². The Hall–Kier alpha value is -1.13. The van der Waals surface area contributed by atoms with Crippen LogP contribution in [-0.4, -0.2) is 41.7 Å². The third-order valence-corrected chi connectivity index (χ3v) is 2.97. The molecule has 0 aromatic rings. The van der Waals surface area contributed by atoms with Crippen molar-refractivity contribution in [3.63, 3.8) is 0 Å². The van der Waals surface area contributed by atoms with Gasteiger partial charge in [-0.3, -0.25) is 9.69 Å². The van der Waals surface area contributed by atoms with Gasteiger partial charge in [0, 0.05) is 24.8 Å². The Bertz CT molecular complexity index is 299. The van der Waals surface area contributed by atoms with Crippen molar-refractivity contribution in [2.24, 2.45) is 0 Å². The van der Waals surface area contributed by atoms with Crippen LogP contribution in [0.15, 0.2) is 23.9 Å². The molecule has 0 radical (unpaired) electrons. The number of carbonyl (C=O) groups is 1. The minimum absolute atomic E-state index is 0.170. The molecule has 1 aliphatic carbocycles. The van der Waals surface area contributed by atoms with Crippen LogP contribution in [0.3, 0.4) is 0 Å². The van der Waals surface area contributed by atoms with E-state index in [9.17, 15) is 9.90 Å². The van der Waals surface area contributed by atoms with Gasteiger partial charge in [-0.05, 0) is 18.9 Å². The van der Waals surface area contributed by atoms with E-state index in [4.69, 9.17) is 0 Å². The quantitative estimate of drug-likeness (QED) is 0.642. The second-order valence-electron chi connectivity index (χ2n) is 4.02. The fourth-order valence-corrected chi connectivity index (χ4v) is 2.12. The maximum absolute atomic E-state index is 10.2. The van der Waals surface area contributed by atoms with Crippen molar-refractivity contribution in [3.05, 3.63) is 23.9 Å². The van der Waals surface area contributed by atoms with Crippen LogP contribution in [0, 0.1) is 0 Å². The second kappa shape index (κ2) is 4.59. The monoisotopic (exact) mass is 208 g/mol. The van der Waals surface area contributed by atoms with Gasteiger partial charge in [0.1, 0.15) is 0 Å². The molecule has 1 aliphatic heterocycles. The lowest BCUT2D eigenvalue weighted by molar-refractivity contribution is -0.108. The summed E-state index contributed by atoms with van der Waals surface area (Å²) in [6.07, 6.45) is 8.32. The third kappa shape index (κ3) is 2.46. The molecule has 1 saturated heterocycles. The van der Waals surface area contributed by atoms with Gasteiger partial charge in [-0.15, -0.1) is 0 Å². The van der Waals surface area contributed by atoms with Gasteiger partial charge in [0.15, 0.2) is 0 Å². The zero-order valence-electron chi connectivity index (χ0n) is 8.60. The van der Waals surface area contributed by atoms with Crippen LogP contribution >= 0.6 is 0 Å². The maximum atomic E-state index is 10.2. The van der Waals surface area contributed by atoms with Crippen LogP contribution in [0.4, 0.5) is 0 Å². The first kappa shape index (κ1) is 10.4. The predicted octanol–water partition coefficient (Wildman–Crippen LogP) is 0.0114. The molecule has 15 heavy (non-hydrogen) atoms. The smallest absolute Gasteiger partial charge is 0.211 e. The van der Waals surface area contributed by atoms with E-state index in [0.717, 1.165) is 31.6 Å². The lowest BCUT2D eigenvalue weighted by Crippen LogP contribution is -2.33. The van der Waals surface area contributed by atoms with E-state index in [1.54, 1.807) is 0 Å². The number of aliphatic hydroxyl groups is 1. The van der Waals surface area contributed by atoms with Gasteiger partial charge < -0.3 is 10.4 Å². The highest BCUT2D eigenvalue weighted by Gasteiger charge is 2.25. The number of allylic oxidation sites excluding steroid dienone is 1. The summed E-state index contributed by atoms with van der Waals surface area (Å²) in [5.74, 6) is 0. The highest BCUT2D eigenvalue weighted by atomic mass is 16.3. The molecule has 0 spiro atoms. The molecule has 0 aromatic carbocycles. The van der Waals surface area contributed by atoms with E-state index in [-0.39, 0.29) is 6.10 Å². The van der Waals surface area contributed by atoms with Gasteiger partial charge in [-0.2, -0.15) is 0 Å². The Kier molecular flexibility index (Phi) is 3.18. The molecule has 0 aromatic heterocycles. The molecule has 2 N–H and O–H groups in total. The van der Waals surface area contributed by atoms with Crippen LogP contribution in [0.25, 0.3) is 0 Å². The van der Waals surface area contributed by atoms with Crippen LogP contribution in [0.1, 0.15) is 12.8 Å². The van der Waals surface area contributed by atoms with E-state index < -0.39 is 0 Å². The summed E-state index contributed by atoms with van der Waals surface area (Å²) in [5.41, 5.74) is 0.862. The number of aliphatic hydroxyl groups excluding tert-OH is 1. The minimum atomic E-state index is -0.170. The first-order chi connectivity index (χ1) is 7.29. The van der Waals surface area contributed by atoms with E-state index in [0.29, 0.717) is 12.5 Å². The normalized spacial score (nSPS) is 31.4. The minimum Gasteiger partial charge on any atom is -0.392 e. The van der Waals surface area contributed by atoms with Gasteiger partial charge >= 0.3 is 0 Å². The van der Waals surface area contributed by atoms with Crippen molar-refractivity contribution >= 4 is 6.41 Å². The first-order valence-electron chi connectivity index (χ1n) is 5.30. The Morgan fingerprint density at radius 2 is 2.47 bits per heavy atom. The number of hydrogen-bond acceptors (Lipinski definition) is 3. The molecule has 0 bridgehead atoms. The summed E-state index contributed by atoms with van der Waals surface area (Å²) in [7, 11) is 0. The Morgan fingerprint density at radius 1 is 1.60 bits per heavy atom. The van der Waals surface area contributed by atoms with Gasteiger partial charge in [0.05, 0.1) is 6.10 Å². The Labute approximate surface area is 89.3 Å². The van der Waals surface area contributed by atoms with Gasteiger partial charge in [-0.25, -0.2) is 0 Å². The van der Waals surface area contributed by atoms with Crippen LogP contribution in [0.5, 0.6) is 0 Å². The van der Waals surface area contributed by atoms with E-state index in [1.807, 2.05) is 12.2 Å². The number of nitrogens with one attached hydrogen (secondary N) is 1. The molecule has 4 nitrogen and oxygen atoms in total. The number of hydrogen-bond donors (Lipinski definition) is 2. The second-order valence-corrected chi connectivity index (χ2v) is 4.02. The van der Waals surface area contributed by atoms with Gasteiger partial charge in [-0.1, -0.05) is 12.2 Å². The lowest BCUT2D eigenvalue weighted by Gasteiger charge is -2.26. The fraction of sp³-hybridized carbons (Fsp3) is 0.545. The molecular formula is C11H16N2O2. The average Bonchev–Trinajstić information content (AvgIpc) is 2.67. The molecule has 4 heteroatoms. The summed E-state index contributed by atoms with van der Waals surface area (Å²) >= 11 is 0. The largest absolute Gasteiger partial charge is 0.392 e. The van der Waals surface area contributed by atoms with Crippen LogP contribution in [-0.2, 0) is 4.79 Å². The lowest BCUT2D eigenvalue weighted by atomic mass is 10.1. The van der Waals surface area contributed by atoms with Crippen molar-refractivity contribution in [1.29, 1.82) is 0 Å². The SMILES string of the molecule is O=CNC1=CCC(N2CCC(O)C2)C=C1. The molecule has 2 aliphatic rings. The number of nitrogens with zero attached hydrogens (tertiary/aromatic N) is 1. The van der Waals surface area contributed by atoms with Gasteiger partial charge in [0.2, 0.25) is 6.41 Å². The standard InChI is InChI=1S/C11H16N2O2/c14-8-12-9-1-3-10(4-2-9)13-6-5-11(15)7-13/h1-3,8,10-11,15H,4-7H2,(H,12,14). The molecule has 0 saturated carbocycles. The zero-order chi connectivity index (χ0) is 10.7. The molecule has 2 unspecified atom stereocenters. The molecular weight excluding hydrogens is 192 g/mol. The number of amides is 1.